The molecular formula is C15H15O5U-. The molecule has 0 unspecified atom stereocenters. The van der Waals surface area contributed by atoms with E-state index in [0.717, 1.165) is 0 Å². The monoisotopic (exact) mass is 513 g/mol. The normalized spacial score (nSPS) is 31.3. The van der Waals surface area contributed by atoms with E-state index < -0.39 is 29.9 Å². The van der Waals surface area contributed by atoms with Crippen LogP contribution in [0.15, 0.2) is 43.0 Å². The second kappa shape index (κ2) is 6.64. The van der Waals surface area contributed by atoms with Gasteiger partial charge in [-0.1, -0.05) is 24.8 Å². The number of hydrogen-bond donors (Lipinski definition) is 1. The molecule has 2 fully saturated rings. The first-order valence-corrected chi connectivity index (χ1v) is 6.37. The summed E-state index contributed by atoms with van der Waals surface area (Å²) in [6.07, 6.45) is -0.675. The molecule has 0 radical (unpaired) electrons. The molecule has 0 spiro atoms. The maximum atomic E-state index is 12.1. The molecule has 0 saturated carbocycles. The standard InChI is InChI=1S/C15H15O5.U/c1-2-12(15-9-18-11(8-19-15)13(15)16)20-14(17)10-6-4-3-5-7-10;/h2-8,11-13,16H,1,9H2;/q-1;/t11-,12-,13-,15+;/m0./s1. The van der Waals surface area contributed by atoms with E-state index in [-0.39, 0.29) is 37.7 Å². The molecule has 2 bridgehead atoms. The zero-order valence-corrected chi connectivity index (χ0v) is 15.4. The van der Waals surface area contributed by atoms with E-state index in [1.165, 1.54) is 12.7 Å². The van der Waals surface area contributed by atoms with Gasteiger partial charge in [0.15, 0.2) is 6.10 Å². The molecule has 110 valence electrons. The number of ether oxygens (including phenoxy) is 3. The van der Waals surface area contributed by atoms with Gasteiger partial charge in [-0.25, -0.2) is 4.79 Å². The summed E-state index contributed by atoms with van der Waals surface area (Å²) in [6, 6.07) is 8.63. The Hall–Kier alpha value is -0.638. The summed E-state index contributed by atoms with van der Waals surface area (Å²) in [5, 5.41) is 10.1. The number of carbonyl (C=O) groups excluding carboxylic acids is 1. The van der Waals surface area contributed by atoms with Crippen molar-refractivity contribution in [3.63, 3.8) is 0 Å². The minimum absolute atomic E-state index is 0. The smallest absolute Gasteiger partial charge is 0.338 e. The third-order valence-electron chi connectivity index (χ3n) is 3.67. The molecule has 21 heavy (non-hydrogen) atoms. The third kappa shape index (κ3) is 2.84. The van der Waals surface area contributed by atoms with Gasteiger partial charge < -0.3 is 19.3 Å². The number of fused-ring (bicyclic) bond motifs is 2. The van der Waals surface area contributed by atoms with Gasteiger partial charge in [-0.2, -0.15) is 6.61 Å². The van der Waals surface area contributed by atoms with E-state index in [0.29, 0.717) is 5.56 Å². The maximum absolute atomic E-state index is 12.1. The average molecular weight is 513 g/mol. The zero-order valence-electron chi connectivity index (χ0n) is 11.3. The minimum atomic E-state index is -1.09. The Labute approximate surface area is 146 Å². The SMILES string of the molecule is C=C[C@H](OC(=O)c1ccccc1)[C@@]12CO[C@@H]([CH-]O1)[C@@H]2O.[U]. The summed E-state index contributed by atoms with van der Waals surface area (Å²) in [6.45, 7) is 5.25. The molecule has 2 heterocycles. The molecule has 2 aliphatic rings. The summed E-state index contributed by atoms with van der Waals surface area (Å²) in [5.41, 5.74) is -0.653. The van der Waals surface area contributed by atoms with Gasteiger partial charge in [0.25, 0.3) is 0 Å². The van der Waals surface area contributed by atoms with Crippen LogP contribution in [0.2, 0.25) is 0 Å². The molecule has 3 rings (SSSR count). The molecule has 1 aromatic carbocycles. The molecule has 6 heteroatoms. The molecule has 2 aliphatic heterocycles. The van der Waals surface area contributed by atoms with Crippen LogP contribution in [0, 0.1) is 37.7 Å². The van der Waals surface area contributed by atoms with Crippen LogP contribution >= 0.6 is 0 Å². The topological polar surface area (TPSA) is 65.0 Å². The predicted molar refractivity (Wildman–Crippen MR) is 69.7 cm³/mol. The largest absolute Gasteiger partial charge is 0.538 e. The predicted octanol–water partition coefficient (Wildman–Crippen LogP) is 1.09. The van der Waals surface area contributed by atoms with Gasteiger partial charge in [0.1, 0.15) is 5.60 Å². The number of aliphatic hydroxyl groups is 1. The summed E-state index contributed by atoms with van der Waals surface area (Å²) in [7, 11) is 0. The molecule has 1 N–H and O–H groups in total. The van der Waals surface area contributed by atoms with Crippen molar-refractivity contribution in [2.75, 3.05) is 6.61 Å². The Morgan fingerprint density at radius 2 is 2.24 bits per heavy atom. The van der Waals surface area contributed by atoms with Crippen LogP contribution in [0.5, 0.6) is 0 Å². The van der Waals surface area contributed by atoms with Crippen LogP contribution < -0.4 is 0 Å². The Kier molecular flexibility index (Phi) is 5.29. The van der Waals surface area contributed by atoms with E-state index in [1.807, 2.05) is 6.07 Å². The van der Waals surface area contributed by atoms with Gasteiger partial charge in [-0.15, -0.1) is 0 Å². The fraction of sp³-hybridized carbons (Fsp3) is 0.333. The molecule has 2 saturated heterocycles. The molecule has 0 aromatic heterocycles. The van der Waals surface area contributed by atoms with Crippen molar-refractivity contribution in [2.45, 2.75) is 23.9 Å². The third-order valence-corrected chi connectivity index (χ3v) is 3.67. The van der Waals surface area contributed by atoms with E-state index in [4.69, 9.17) is 14.2 Å². The summed E-state index contributed by atoms with van der Waals surface area (Å²) in [5.74, 6) is -0.490. The van der Waals surface area contributed by atoms with Crippen molar-refractivity contribution in [2.24, 2.45) is 0 Å². The van der Waals surface area contributed by atoms with Crippen LogP contribution in [-0.4, -0.2) is 41.6 Å². The molecule has 4 atom stereocenters. The number of hydrogen-bond acceptors (Lipinski definition) is 5. The van der Waals surface area contributed by atoms with Gasteiger partial charge in [-0.3, -0.25) is 0 Å². The summed E-state index contributed by atoms with van der Waals surface area (Å²) < 4.78 is 16.3. The van der Waals surface area contributed by atoms with Crippen LogP contribution in [0.3, 0.4) is 0 Å². The first kappa shape index (κ1) is 16.7. The molecule has 1 aromatic rings. The summed E-state index contributed by atoms with van der Waals surface area (Å²) >= 11 is 0. The van der Waals surface area contributed by atoms with Gasteiger partial charge in [0.2, 0.25) is 0 Å². The van der Waals surface area contributed by atoms with Crippen molar-refractivity contribution in [3.8, 4) is 0 Å². The minimum Gasteiger partial charge on any atom is -0.538 e. The summed E-state index contributed by atoms with van der Waals surface area (Å²) in [4.78, 5) is 12.1. The van der Waals surface area contributed by atoms with Crippen LogP contribution in [0.25, 0.3) is 0 Å². The van der Waals surface area contributed by atoms with E-state index in [1.54, 1.807) is 24.3 Å². The Morgan fingerprint density at radius 3 is 2.71 bits per heavy atom. The van der Waals surface area contributed by atoms with E-state index in [2.05, 4.69) is 6.58 Å². The number of esters is 1. The molecule has 5 nitrogen and oxygen atoms in total. The fourth-order valence-corrected chi connectivity index (χ4v) is 2.51. The van der Waals surface area contributed by atoms with Crippen molar-refractivity contribution in [3.05, 3.63) is 55.2 Å². The number of aliphatic hydroxyl groups excluding tert-OH is 1. The maximum Gasteiger partial charge on any atom is 0.338 e. The van der Waals surface area contributed by atoms with Gasteiger partial charge in [-0.05, 0) is 24.3 Å². The Bertz CT molecular complexity index is 510. The van der Waals surface area contributed by atoms with Gasteiger partial charge in [0.05, 0.1) is 18.3 Å². The van der Waals surface area contributed by atoms with Gasteiger partial charge in [0, 0.05) is 31.1 Å². The number of benzene rings is 1. The fourth-order valence-electron chi connectivity index (χ4n) is 2.51. The average Bonchev–Trinajstić information content (AvgIpc) is 2.99. The Morgan fingerprint density at radius 1 is 1.52 bits per heavy atom. The molecule has 0 amide bonds. The first-order chi connectivity index (χ1) is 9.67. The van der Waals surface area contributed by atoms with Crippen LogP contribution in [0.4, 0.5) is 0 Å². The van der Waals surface area contributed by atoms with Crippen molar-refractivity contribution < 1.29 is 55.2 Å². The van der Waals surface area contributed by atoms with Crippen LogP contribution in [0.1, 0.15) is 10.4 Å². The second-order valence-electron chi connectivity index (χ2n) is 4.86. The van der Waals surface area contributed by atoms with Crippen LogP contribution in [-0.2, 0) is 14.2 Å². The van der Waals surface area contributed by atoms with E-state index in [9.17, 15) is 9.90 Å². The zero-order chi connectivity index (χ0) is 14.2. The quantitative estimate of drug-likeness (QED) is 0.371. The second-order valence-corrected chi connectivity index (χ2v) is 4.86. The van der Waals surface area contributed by atoms with Gasteiger partial charge >= 0.3 is 5.97 Å². The van der Waals surface area contributed by atoms with E-state index >= 15 is 0 Å². The Balaban J connectivity index is 0.00000161. The first-order valence-electron chi connectivity index (χ1n) is 6.37. The number of carbonyl (C=O) groups is 1. The van der Waals surface area contributed by atoms with Crippen molar-refractivity contribution in [1.82, 2.24) is 0 Å². The van der Waals surface area contributed by atoms with Crippen molar-refractivity contribution in [1.29, 1.82) is 0 Å². The number of rotatable bonds is 4. The van der Waals surface area contributed by atoms with Crippen molar-refractivity contribution >= 4 is 5.97 Å². The molecule has 0 aliphatic carbocycles. The molecular weight excluding hydrogens is 498 g/mol.